The number of allylic oxidation sites excluding steroid dienone is 4. The fraction of sp³-hybridized carbons (Fsp3) is 0.778. The van der Waals surface area contributed by atoms with Gasteiger partial charge >= 0.3 is 0 Å². The summed E-state index contributed by atoms with van der Waals surface area (Å²) >= 11 is 0. The van der Waals surface area contributed by atoms with Gasteiger partial charge in [-0.3, -0.25) is 9.59 Å². The Bertz CT molecular complexity index is 847. The molecule has 0 aliphatic heterocycles. The van der Waals surface area contributed by atoms with Crippen molar-refractivity contribution in [3.8, 4) is 0 Å². The standard InChI is InChI=1S/C27H40O4/c1-16(2)7-6-12-27(5,31)24-23(30)22(29)21-19-9-8-17-15-18(28)10-13-25(17,3)20(19)11-14-26(21,24)4/h15-16,19-20,24,29,31H,6-14H2,1-5H3/t19-,20+,24+,25+,26+,27?/m1/s1. The molecule has 2 N–H and O–H groups in total. The van der Waals surface area contributed by atoms with E-state index >= 15 is 0 Å². The number of hydrogen-bond donors (Lipinski definition) is 2. The van der Waals surface area contributed by atoms with E-state index in [2.05, 4.69) is 27.7 Å². The summed E-state index contributed by atoms with van der Waals surface area (Å²) in [7, 11) is 0. The molecule has 4 aliphatic carbocycles. The van der Waals surface area contributed by atoms with Crippen LogP contribution in [0.2, 0.25) is 0 Å². The molecule has 0 amide bonds. The van der Waals surface area contributed by atoms with Gasteiger partial charge in [0.05, 0.1) is 11.5 Å². The molecule has 4 nitrogen and oxygen atoms in total. The van der Waals surface area contributed by atoms with Crippen molar-refractivity contribution in [2.45, 2.75) is 98.0 Å². The van der Waals surface area contributed by atoms with Crippen molar-refractivity contribution in [1.29, 1.82) is 0 Å². The molecule has 2 fully saturated rings. The van der Waals surface area contributed by atoms with Crippen LogP contribution in [0, 0.1) is 34.5 Å². The van der Waals surface area contributed by atoms with Crippen LogP contribution in [-0.2, 0) is 9.59 Å². The first kappa shape index (κ1) is 22.8. The van der Waals surface area contributed by atoms with Crippen LogP contribution in [0.1, 0.15) is 92.4 Å². The first-order valence-corrected chi connectivity index (χ1v) is 12.4. The van der Waals surface area contributed by atoms with E-state index in [1.165, 1.54) is 5.57 Å². The topological polar surface area (TPSA) is 74.6 Å². The third kappa shape index (κ3) is 3.44. The largest absolute Gasteiger partial charge is 0.504 e. The van der Waals surface area contributed by atoms with E-state index < -0.39 is 16.9 Å². The van der Waals surface area contributed by atoms with Gasteiger partial charge in [0, 0.05) is 11.8 Å². The molecule has 0 radical (unpaired) electrons. The predicted octanol–water partition coefficient (Wildman–Crippen LogP) is 5.70. The van der Waals surface area contributed by atoms with Crippen LogP contribution in [0.4, 0.5) is 0 Å². The summed E-state index contributed by atoms with van der Waals surface area (Å²) in [4.78, 5) is 25.4. The van der Waals surface area contributed by atoms with Gasteiger partial charge in [-0.2, -0.15) is 0 Å². The number of aliphatic hydroxyl groups is 2. The van der Waals surface area contributed by atoms with Crippen molar-refractivity contribution in [3.63, 3.8) is 0 Å². The van der Waals surface area contributed by atoms with Crippen molar-refractivity contribution in [3.05, 3.63) is 23.0 Å². The molecule has 4 rings (SSSR count). The van der Waals surface area contributed by atoms with E-state index in [1.807, 2.05) is 6.08 Å². The van der Waals surface area contributed by atoms with E-state index in [0.717, 1.165) is 50.5 Å². The van der Waals surface area contributed by atoms with Gasteiger partial charge in [-0.05, 0) is 80.3 Å². The van der Waals surface area contributed by atoms with E-state index in [9.17, 15) is 19.8 Å². The second-order valence-corrected chi connectivity index (χ2v) is 12.0. The van der Waals surface area contributed by atoms with Gasteiger partial charge in [0.1, 0.15) is 0 Å². The van der Waals surface area contributed by atoms with Gasteiger partial charge in [0.25, 0.3) is 0 Å². The number of carbonyl (C=O) groups is 2. The van der Waals surface area contributed by atoms with Crippen LogP contribution in [0.3, 0.4) is 0 Å². The Labute approximate surface area is 187 Å². The van der Waals surface area contributed by atoms with Gasteiger partial charge in [-0.15, -0.1) is 0 Å². The van der Waals surface area contributed by atoms with E-state index in [4.69, 9.17) is 0 Å². The molecule has 31 heavy (non-hydrogen) atoms. The zero-order valence-corrected chi connectivity index (χ0v) is 20.0. The van der Waals surface area contributed by atoms with Gasteiger partial charge in [0.15, 0.2) is 11.5 Å². The van der Waals surface area contributed by atoms with Crippen molar-refractivity contribution < 1.29 is 19.8 Å². The van der Waals surface area contributed by atoms with Gasteiger partial charge in [-0.1, -0.05) is 46.1 Å². The average Bonchev–Trinajstić information content (AvgIpc) is 2.88. The lowest BCUT2D eigenvalue weighted by Gasteiger charge is -2.56. The molecule has 0 spiro atoms. The SMILES string of the molecule is CC(C)CCCC(C)(O)[C@H]1C(=O)C(O)=C2[C@@H]3CCC4=CC(=O)CC[C@]4(C)[C@H]3CC[C@@]21C. The van der Waals surface area contributed by atoms with Crippen LogP contribution in [-0.4, -0.2) is 27.4 Å². The fourth-order valence-electron chi connectivity index (χ4n) is 7.88. The number of fused-ring (bicyclic) bond motifs is 5. The van der Waals surface area contributed by atoms with E-state index in [-0.39, 0.29) is 28.7 Å². The Morgan fingerprint density at radius 3 is 2.52 bits per heavy atom. The summed E-state index contributed by atoms with van der Waals surface area (Å²) in [5.41, 5.74) is 0.567. The Morgan fingerprint density at radius 1 is 1.13 bits per heavy atom. The molecule has 6 atom stereocenters. The number of ketones is 2. The van der Waals surface area contributed by atoms with Gasteiger partial charge in [-0.25, -0.2) is 0 Å². The van der Waals surface area contributed by atoms with Crippen LogP contribution >= 0.6 is 0 Å². The minimum atomic E-state index is -1.12. The average molecular weight is 429 g/mol. The molecule has 1 unspecified atom stereocenters. The van der Waals surface area contributed by atoms with Crippen molar-refractivity contribution in [2.75, 3.05) is 0 Å². The molecule has 0 saturated heterocycles. The van der Waals surface area contributed by atoms with Crippen LogP contribution < -0.4 is 0 Å². The lowest BCUT2D eigenvalue weighted by molar-refractivity contribution is -0.136. The molecule has 172 valence electrons. The molecule has 0 heterocycles. The smallest absolute Gasteiger partial charge is 0.203 e. The van der Waals surface area contributed by atoms with E-state index in [0.29, 0.717) is 24.7 Å². The first-order valence-electron chi connectivity index (χ1n) is 12.4. The van der Waals surface area contributed by atoms with Crippen LogP contribution in [0.25, 0.3) is 0 Å². The first-order chi connectivity index (χ1) is 14.4. The lowest BCUT2D eigenvalue weighted by Crippen LogP contribution is -2.52. The molecule has 2 saturated carbocycles. The highest BCUT2D eigenvalue weighted by Crippen LogP contribution is 2.66. The third-order valence-electron chi connectivity index (χ3n) is 9.42. The highest BCUT2D eigenvalue weighted by molar-refractivity contribution is 6.00. The number of rotatable bonds is 5. The number of Topliss-reactive ketones (excluding diaryl/α,β-unsaturated/α-hetero) is 1. The minimum Gasteiger partial charge on any atom is -0.504 e. The third-order valence-corrected chi connectivity index (χ3v) is 9.42. The summed E-state index contributed by atoms with van der Waals surface area (Å²) < 4.78 is 0. The molecule has 0 bridgehead atoms. The van der Waals surface area contributed by atoms with E-state index in [1.54, 1.807) is 6.92 Å². The Hall–Kier alpha value is -1.42. The molecule has 0 aromatic heterocycles. The van der Waals surface area contributed by atoms with Crippen LogP contribution in [0.15, 0.2) is 23.0 Å². The molecular weight excluding hydrogens is 388 g/mol. The molecule has 0 aromatic carbocycles. The molecular formula is C27H40O4. The predicted molar refractivity (Wildman–Crippen MR) is 121 cm³/mol. The van der Waals surface area contributed by atoms with Crippen molar-refractivity contribution in [1.82, 2.24) is 0 Å². The van der Waals surface area contributed by atoms with Gasteiger partial charge in [0.2, 0.25) is 5.78 Å². The highest BCUT2D eigenvalue weighted by Gasteiger charge is 2.63. The number of hydrogen-bond acceptors (Lipinski definition) is 4. The molecule has 0 aromatic rings. The summed E-state index contributed by atoms with van der Waals surface area (Å²) in [6.45, 7) is 10.6. The molecule has 4 aliphatic rings. The quantitative estimate of drug-likeness (QED) is 0.589. The number of carbonyl (C=O) groups excluding carboxylic acids is 2. The second kappa shape index (κ2) is 7.57. The summed E-state index contributed by atoms with van der Waals surface area (Å²) in [6, 6.07) is 0. The zero-order chi connectivity index (χ0) is 22.8. The maximum absolute atomic E-state index is 13.4. The van der Waals surface area contributed by atoms with Gasteiger partial charge < -0.3 is 10.2 Å². The molecule has 4 heteroatoms. The minimum absolute atomic E-state index is 0.0215. The zero-order valence-electron chi connectivity index (χ0n) is 20.0. The Morgan fingerprint density at radius 2 is 1.84 bits per heavy atom. The number of aliphatic hydroxyl groups excluding tert-OH is 1. The maximum Gasteiger partial charge on any atom is 0.203 e. The fourth-order valence-corrected chi connectivity index (χ4v) is 7.88. The summed E-state index contributed by atoms with van der Waals surface area (Å²) in [6.07, 6.45) is 9.36. The van der Waals surface area contributed by atoms with Crippen LogP contribution in [0.5, 0.6) is 0 Å². The maximum atomic E-state index is 13.4. The lowest BCUT2D eigenvalue weighted by atomic mass is 9.47. The second-order valence-electron chi connectivity index (χ2n) is 12.0. The van der Waals surface area contributed by atoms with Crippen molar-refractivity contribution in [2.24, 2.45) is 34.5 Å². The Kier molecular flexibility index (Phi) is 5.56. The normalized spacial score (nSPS) is 39.7. The monoisotopic (exact) mass is 428 g/mol. The summed E-state index contributed by atoms with van der Waals surface area (Å²) in [5, 5.41) is 22.6. The Balaban J connectivity index is 1.65. The van der Waals surface area contributed by atoms with Crippen molar-refractivity contribution >= 4 is 11.6 Å². The summed E-state index contributed by atoms with van der Waals surface area (Å²) in [5.74, 6) is 0.434. The highest BCUT2D eigenvalue weighted by atomic mass is 16.3.